The van der Waals surface area contributed by atoms with Gasteiger partial charge in [-0.05, 0) is 30.7 Å². The van der Waals surface area contributed by atoms with E-state index in [4.69, 9.17) is 0 Å². The van der Waals surface area contributed by atoms with Crippen LogP contribution >= 0.6 is 0 Å². The highest BCUT2D eigenvalue weighted by Crippen LogP contribution is 2.28. The molecule has 0 aliphatic heterocycles. The van der Waals surface area contributed by atoms with Gasteiger partial charge in [-0.1, -0.05) is 36.8 Å². The molecule has 1 aliphatic rings. The molecule has 1 aromatic carbocycles. The van der Waals surface area contributed by atoms with E-state index in [1.165, 1.54) is 31.2 Å². The Morgan fingerprint density at radius 3 is 2.74 bits per heavy atom. The average molecular weight is 260 g/mol. The summed E-state index contributed by atoms with van der Waals surface area (Å²) < 4.78 is 0. The fourth-order valence-electron chi connectivity index (χ4n) is 2.96. The van der Waals surface area contributed by atoms with Gasteiger partial charge in [-0.25, -0.2) is 0 Å². The van der Waals surface area contributed by atoms with Crippen LogP contribution in [0.3, 0.4) is 0 Å². The predicted octanol–water partition coefficient (Wildman–Crippen LogP) is 2.12. The summed E-state index contributed by atoms with van der Waals surface area (Å²) in [6.45, 7) is 3.16. The standard InChI is InChI=1S/C16H24N2O/c1-13(19)17-10-11-18-16-9-5-8-15(16)12-14-6-3-2-4-7-14/h2-4,6-7,15-16,18H,5,8-12H2,1H3,(H,17,19)/t15-,16+/m1/s1. The van der Waals surface area contributed by atoms with E-state index in [0.717, 1.165) is 19.0 Å². The molecule has 1 aromatic rings. The Balaban J connectivity index is 1.75. The number of carbonyl (C=O) groups is 1. The van der Waals surface area contributed by atoms with Crippen molar-refractivity contribution in [2.24, 2.45) is 5.92 Å². The second-order valence-electron chi connectivity index (χ2n) is 5.42. The maximum Gasteiger partial charge on any atom is 0.216 e. The van der Waals surface area contributed by atoms with Crippen molar-refractivity contribution in [3.63, 3.8) is 0 Å². The minimum atomic E-state index is 0.0501. The number of benzene rings is 1. The molecular weight excluding hydrogens is 236 g/mol. The lowest BCUT2D eigenvalue weighted by Gasteiger charge is -2.21. The number of hydrogen-bond acceptors (Lipinski definition) is 2. The number of hydrogen-bond donors (Lipinski definition) is 2. The van der Waals surface area contributed by atoms with Gasteiger partial charge in [-0.15, -0.1) is 0 Å². The molecule has 2 atom stereocenters. The molecule has 0 saturated heterocycles. The van der Waals surface area contributed by atoms with Gasteiger partial charge in [0.25, 0.3) is 0 Å². The first-order chi connectivity index (χ1) is 9.25. The summed E-state index contributed by atoms with van der Waals surface area (Å²) in [4.78, 5) is 10.8. The van der Waals surface area contributed by atoms with E-state index in [1.807, 2.05) is 0 Å². The molecule has 0 radical (unpaired) electrons. The second kappa shape index (κ2) is 7.29. The van der Waals surface area contributed by atoms with Gasteiger partial charge in [0.05, 0.1) is 0 Å². The fourth-order valence-corrected chi connectivity index (χ4v) is 2.96. The van der Waals surface area contributed by atoms with E-state index in [1.54, 1.807) is 6.92 Å². The van der Waals surface area contributed by atoms with Gasteiger partial charge in [0, 0.05) is 26.1 Å². The summed E-state index contributed by atoms with van der Waals surface area (Å²) >= 11 is 0. The smallest absolute Gasteiger partial charge is 0.216 e. The first-order valence-electron chi connectivity index (χ1n) is 7.27. The molecule has 1 fully saturated rings. The van der Waals surface area contributed by atoms with Gasteiger partial charge in [0.15, 0.2) is 0 Å². The molecule has 0 spiro atoms. The number of amides is 1. The van der Waals surface area contributed by atoms with Crippen LogP contribution in [-0.2, 0) is 11.2 Å². The monoisotopic (exact) mass is 260 g/mol. The maximum atomic E-state index is 10.8. The average Bonchev–Trinajstić information content (AvgIpc) is 2.83. The van der Waals surface area contributed by atoms with Gasteiger partial charge in [-0.2, -0.15) is 0 Å². The van der Waals surface area contributed by atoms with E-state index in [-0.39, 0.29) is 5.91 Å². The highest BCUT2D eigenvalue weighted by atomic mass is 16.1. The summed E-state index contributed by atoms with van der Waals surface area (Å²) in [5, 5.41) is 6.43. The van der Waals surface area contributed by atoms with Crippen molar-refractivity contribution in [1.82, 2.24) is 10.6 Å². The van der Waals surface area contributed by atoms with Crippen molar-refractivity contribution < 1.29 is 4.79 Å². The van der Waals surface area contributed by atoms with Crippen molar-refractivity contribution in [1.29, 1.82) is 0 Å². The van der Waals surface area contributed by atoms with E-state index in [9.17, 15) is 4.79 Å². The topological polar surface area (TPSA) is 41.1 Å². The quantitative estimate of drug-likeness (QED) is 0.769. The summed E-state index contributed by atoms with van der Waals surface area (Å²) in [5.74, 6) is 0.786. The third-order valence-corrected chi connectivity index (χ3v) is 3.91. The summed E-state index contributed by atoms with van der Waals surface area (Å²) in [7, 11) is 0. The Kier molecular flexibility index (Phi) is 5.40. The molecule has 1 saturated carbocycles. The zero-order valence-electron chi connectivity index (χ0n) is 11.7. The molecule has 0 unspecified atom stereocenters. The van der Waals surface area contributed by atoms with E-state index < -0.39 is 0 Å². The zero-order valence-corrected chi connectivity index (χ0v) is 11.7. The molecule has 104 valence electrons. The third-order valence-electron chi connectivity index (χ3n) is 3.91. The van der Waals surface area contributed by atoms with Gasteiger partial charge >= 0.3 is 0 Å². The van der Waals surface area contributed by atoms with Crippen molar-refractivity contribution >= 4 is 5.91 Å². The molecule has 19 heavy (non-hydrogen) atoms. The zero-order chi connectivity index (χ0) is 13.5. The van der Waals surface area contributed by atoms with Crippen LogP contribution in [0.15, 0.2) is 30.3 Å². The number of nitrogens with one attached hydrogen (secondary N) is 2. The van der Waals surface area contributed by atoms with Crippen molar-refractivity contribution in [3.8, 4) is 0 Å². The van der Waals surface area contributed by atoms with E-state index in [0.29, 0.717) is 6.04 Å². The van der Waals surface area contributed by atoms with Gasteiger partial charge < -0.3 is 10.6 Å². The van der Waals surface area contributed by atoms with Crippen LogP contribution in [0.1, 0.15) is 31.7 Å². The Bertz CT molecular complexity index is 391. The van der Waals surface area contributed by atoms with Crippen LogP contribution in [0.5, 0.6) is 0 Å². The highest BCUT2D eigenvalue weighted by Gasteiger charge is 2.26. The fraction of sp³-hybridized carbons (Fsp3) is 0.562. The molecule has 3 heteroatoms. The van der Waals surface area contributed by atoms with Crippen LogP contribution < -0.4 is 10.6 Å². The normalized spacial score (nSPS) is 22.4. The predicted molar refractivity (Wildman–Crippen MR) is 78.0 cm³/mol. The second-order valence-corrected chi connectivity index (χ2v) is 5.42. The SMILES string of the molecule is CC(=O)NCCN[C@H]1CCC[C@@H]1Cc1ccccc1. The highest BCUT2D eigenvalue weighted by molar-refractivity contribution is 5.72. The van der Waals surface area contributed by atoms with Crippen molar-refractivity contribution in [3.05, 3.63) is 35.9 Å². The van der Waals surface area contributed by atoms with Crippen LogP contribution in [0.4, 0.5) is 0 Å². The molecule has 1 aliphatic carbocycles. The minimum absolute atomic E-state index is 0.0501. The lowest BCUT2D eigenvalue weighted by Crippen LogP contribution is -2.38. The Hall–Kier alpha value is -1.35. The van der Waals surface area contributed by atoms with Crippen LogP contribution in [0.2, 0.25) is 0 Å². The molecule has 0 aromatic heterocycles. The first kappa shape index (κ1) is 14.1. The van der Waals surface area contributed by atoms with Crippen molar-refractivity contribution in [2.75, 3.05) is 13.1 Å². The Morgan fingerprint density at radius 2 is 2.00 bits per heavy atom. The summed E-state index contributed by atoms with van der Waals surface area (Å²) in [5.41, 5.74) is 1.43. The maximum absolute atomic E-state index is 10.8. The lowest BCUT2D eigenvalue weighted by molar-refractivity contribution is -0.118. The number of carbonyl (C=O) groups excluding carboxylic acids is 1. The molecular formula is C16H24N2O. The summed E-state index contributed by atoms with van der Waals surface area (Å²) in [6.07, 6.45) is 5.05. The van der Waals surface area contributed by atoms with Crippen LogP contribution in [-0.4, -0.2) is 25.0 Å². The minimum Gasteiger partial charge on any atom is -0.355 e. The van der Waals surface area contributed by atoms with E-state index >= 15 is 0 Å². The Labute approximate surface area is 115 Å². The number of rotatable bonds is 6. The van der Waals surface area contributed by atoms with Gasteiger partial charge in [-0.3, -0.25) is 4.79 Å². The van der Waals surface area contributed by atoms with Crippen molar-refractivity contribution in [2.45, 2.75) is 38.6 Å². The van der Waals surface area contributed by atoms with E-state index in [2.05, 4.69) is 41.0 Å². The molecule has 0 bridgehead atoms. The molecule has 2 N–H and O–H groups in total. The van der Waals surface area contributed by atoms with Crippen LogP contribution in [0.25, 0.3) is 0 Å². The molecule has 1 amide bonds. The lowest BCUT2D eigenvalue weighted by atomic mass is 9.94. The molecule has 3 nitrogen and oxygen atoms in total. The Morgan fingerprint density at radius 1 is 1.21 bits per heavy atom. The summed E-state index contributed by atoms with van der Waals surface area (Å²) in [6, 6.07) is 11.3. The largest absolute Gasteiger partial charge is 0.355 e. The molecule has 0 heterocycles. The molecule has 2 rings (SSSR count). The first-order valence-corrected chi connectivity index (χ1v) is 7.27. The van der Waals surface area contributed by atoms with Gasteiger partial charge in [0.1, 0.15) is 0 Å². The third kappa shape index (κ3) is 4.67. The van der Waals surface area contributed by atoms with Crippen LogP contribution in [0, 0.1) is 5.92 Å². The van der Waals surface area contributed by atoms with Gasteiger partial charge in [0.2, 0.25) is 5.91 Å².